The van der Waals surface area contributed by atoms with E-state index in [-0.39, 0.29) is 0 Å². The topological polar surface area (TPSA) is 103 Å². The molecule has 192 valence electrons. The molecule has 0 spiro atoms. The van der Waals surface area contributed by atoms with Gasteiger partial charge >= 0.3 is 0 Å². The Morgan fingerprint density at radius 1 is 1.00 bits per heavy atom. The molecule has 0 saturated heterocycles. The minimum Gasteiger partial charge on any atom is -0.497 e. The number of thioether (sulfide) groups is 1. The second kappa shape index (κ2) is 16.0. The van der Waals surface area contributed by atoms with Crippen LogP contribution in [0.25, 0.3) is 0 Å². The van der Waals surface area contributed by atoms with Crippen LogP contribution in [-0.2, 0) is 16.0 Å². The Kier molecular flexibility index (Phi) is 12.6. The van der Waals surface area contributed by atoms with Gasteiger partial charge < -0.3 is 24.4 Å². The fraction of sp³-hybridized carbons (Fsp3) is 0.308. The Labute approximate surface area is 216 Å². The number of aromatic nitrogens is 2. The van der Waals surface area contributed by atoms with E-state index < -0.39 is 0 Å². The highest BCUT2D eigenvalue weighted by molar-refractivity contribution is 7.99. The van der Waals surface area contributed by atoms with Gasteiger partial charge in [0, 0.05) is 18.4 Å². The third-order valence-electron chi connectivity index (χ3n) is 4.98. The average molecular weight is 513 g/mol. The van der Waals surface area contributed by atoms with Crippen molar-refractivity contribution in [2.45, 2.75) is 18.6 Å². The van der Waals surface area contributed by atoms with Gasteiger partial charge in [-0.15, -0.1) is 0 Å². The van der Waals surface area contributed by atoms with Crippen molar-refractivity contribution in [2.75, 3.05) is 38.5 Å². The number of hydrogen-bond acceptors (Lipinski definition) is 9. The summed E-state index contributed by atoms with van der Waals surface area (Å²) in [6.45, 7) is 3.48. The molecule has 36 heavy (non-hydrogen) atoms. The van der Waals surface area contributed by atoms with Crippen molar-refractivity contribution < 1.29 is 23.8 Å². The molecule has 0 radical (unpaired) electrons. The number of methoxy groups -OCH3 is 1. The van der Waals surface area contributed by atoms with Gasteiger partial charge in [0.15, 0.2) is 0 Å². The summed E-state index contributed by atoms with van der Waals surface area (Å²) in [5, 5.41) is 2.37. The highest BCUT2D eigenvalue weighted by atomic mass is 32.2. The quantitative estimate of drug-likeness (QED) is 0.341. The minimum absolute atomic E-state index is 0.312. The lowest BCUT2D eigenvalue weighted by Gasteiger charge is -2.19. The number of nitrogens with zero attached hydrogens (tertiary/aromatic N) is 3. The van der Waals surface area contributed by atoms with Crippen molar-refractivity contribution in [3.63, 3.8) is 0 Å². The fourth-order valence-corrected chi connectivity index (χ4v) is 3.30. The zero-order valence-electron chi connectivity index (χ0n) is 20.9. The molecule has 2 amide bonds. The first kappa shape index (κ1) is 28.4. The van der Waals surface area contributed by atoms with E-state index in [2.05, 4.69) is 35.3 Å². The molecule has 2 aromatic carbocycles. The van der Waals surface area contributed by atoms with E-state index in [0.717, 1.165) is 23.7 Å². The Morgan fingerprint density at radius 3 is 2.22 bits per heavy atom. The molecule has 1 heterocycles. The maximum atomic E-state index is 9.06. The molecule has 0 saturated carbocycles. The second-order valence-corrected chi connectivity index (χ2v) is 8.83. The lowest BCUT2D eigenvalue weighted by molar-refractivity contribution is -0.117. The molecule has 1 aromatic heterocycles. The van der Waals surface area contributed by atoms with Gasteiger partial charge in [0.25, 0.3) is 0 Å². The molecule has 3 aromatic rings. The standard InChI is InChI=1S/C24H29N3O3S.C2H3NO2/c1-18(31-4)15-19-5-7-21(8-6-19)29-14-13-27(2)23-16-24(26-17-25-23)30-22-11-9-20(28-3)10-12-22;4-1-3-2-5/h5-12,16-18H,13-15H2,1-4H3;1-2H,(H,3,4,5). The fourth-order valence-electron chi connectivity index (χ4n) is 2.94. The van der Waals surface area contributed by atoms with E-state index in [9.17, 15) is 0 Å². The Bertz CT molecular complexity index is 1040. The van der Waals surface area contributed by atoms with Crippen LogP contribution in [0.15, 0.2) is 60.9 Å². The Balaban J connectivity index is 0.000000830. The van der Waals surface area contributed by atoms with Crippen molar-refractivity contribution in [3.05, 3.63) is 66.5 Å². The predicted octanol–water partition coefficient (Wildman–Crippen LogP) is 3.98. The van der Waals surface area contributed by atoms with Gasteiger partial charge in [-0.1, -0.05) is 19.1 Å². The molecule has 0 bridgehead atoms. The maximum Gasteiger partial charge on any atom is 0.224 e. The van der Waals surface area contributed by atoms with E-state index in [1.807, 2.05) is 66.2 Å². The van der Waals surface area contributed by atoms with Crippen LogP contribution in [-0.4, -0.2) is 61.6 Å². The van der Waals surface area contributed by atoms with Crippen LogP contribution in [0.2, 0.25) is 0 Å². The van der Waals surface area contributed by atoms with E-state index in [1.54, 1.807) is 12.4 Å². The van der Waals surface area contributed by atoms with Gasteiger partial charge in [-0.05, 0) is 54.6 Å². The van der Waals surface area contributed by atoms with Gasteiger partial charge in [-0.3, -0.25) is 9.59 Å². The summed E-state index contributed by atoms with van der Waals surface area (Å²) < 4.78 is 16.9. The largest absolute Gasteiger partial charge is 0.497 e. The number of ether oxygens (including phenoxy) is 3. The molecule has 0 aliphatic heterocycles. The summed E-state index contributed by atoms with van der Waals surface area (Å²) in [6, 6.07) is 17.5. The number of anilines is 1. The number of likely N-dealkylation sites (N-methyl/N-ethyl adjacent to an activating group) is 1. The molecule has 1 atom stereocenters. The summed E-state index contributed by atoms with van der Waals surface area (Å²) in [5.41, 5.74) is 1.33. The molecule has 9 nitrogen and oxygen atoms in total. The number of rotatable bonds is 13. The van der Waals surface area contributed by atoms with Crippen molar-refractivity contribution in [2.24, 2.45) is 0 Å². The molecular weight excluding hydrogens is 480 g/mol. The summed E-state index contributed by atoms with van der Waals surface area (Å²) >= 11 is 1.88. The highest BCUT2D eigenvalue weighted by Gasteiger charge is 2.07. The molecule has 1 N–H and O–H groups in total. The first-order valence-electron chi connectivity index (χ1n) is 11.2. The normalized spacial score (nSPS) is 10.8. The van der Waals surface area contributed by atoms with E-state index in [4.69, 9.17) is 23.8 Å². The lowest BCUT2D eigenvalue weighted by Crippen LogP contribution is -2.24. The van der Waals surface area contributed by atoms with Crippen molar-refractivity contribution >= 4 is 30.4 Å². The number of hydrogen-bond donors (Lipinski definition) is 1. The monoisotopic (exact) mass is 512 g/mol. The van der Waals surface area contributed by atoms with Crippen LogP contribution >= 0.6 is 11.8 Å². The van der Waals surface area contributed by atoms with Gasteiger partial charge in [0.1, 0.15) is 36.0 Å². The smallest absolute Gasteiger partial charge is 0.224 e. The number of nitrogens with one attached hydrogen (secondary N) is 1. The molecule has 0 fully saturated rings. The lowest BCUT2D eigenvalue weighted by atomic mass is 10.1. The Hall–Kier alpha value is -3.79. The van der Waals surface area contributed by atoms with Crippen molar-refractivity contribution in [1.29, 1.82) is 0 Å². The molecule has 3 rings (SSSR count). The first-order chi connectivity index (χ1) is 17.5. The number of benzene rings is 2. The third-order valence-corrected chi connectivity index (χ3v) is 5.95. The number of carbonyl (C=O) groups excluding carboxylic acids is 2. The summed E-state index contributed by atoms with van der Waals surface area (Å²) in [6.07, 6.45) is 5.34. The van der Waals surface area contributed by atoms with Crippen LogP contribution in [0, 0.1) is 0 Å². The highest BCUT2D eigenvalue weighted by Crippen LogP contribution is 2.24. The van der Waals surface area contributed by atoms with Gasteiger partial charge in [-0.25, -0.2) is 9.97 Å². The van der Waals surface area contributed by atoms with Crippen LogP contribution in [0.1, 0.15) is 12.5 Å². The van der Waals surface area contributed by atoms with Crippen LogP contribution < -0.4 is 24.4 Å². The van der Waals surface area contributed by atoms with Gasteiger partial charge in [0.2, 0.25) is 18.7 Å². The van der Waals surface area contributed by atoms with Crippen LogP contribution in [0.5, 0.6) is 23.1 Å². The SMILES string of the molecule is COc1ccc(Oc2cc(N(C)CCOc3ccc(CC(C)SC)cc3)ncn2)cc1.O=CNC=O. The summed E-state index contributed by atoms with van der Waals surface area (Å²) in [4.78, 5) is 28.7. The number of carbonyl (C=O) groups is 2. The van der Waals surface area contributed by atoms with E-state index >= 15 is 0 Å². The predicted molar refractivity (Wildman–Crippen MR) is 142 cm³/mol. The summed E-state index contributed by atoms with van der Waals surface area (Å²) in [7, 11) is 3.60. The second-order valence-electron chi connectivity index (χ2n) is 7.56. The zero-order chi connectivity index (χ0) is 26.2. The minimum atomic E-state index is 0.312. The maximum absolute atomic E-state index is 9.06. The molecule has 0 aliphatic rings. The zero-order valence-corrected chi connectivity index (χ0v) is 21.7. The molecule has 10 heteroatoms. The van der Waals surface area contributed by atoms with Crippen molar-refractivity contribution in [1.82, 2.24) is 15.3 Å². The summed E-state index contributed by atoms with van der Waals surface area (Å²) in [5.74, 6) is 3.59. The average Bonchev–Trinajstić information content (AvgIpc) is 2.91. The van der Waals surface area contributed by atoms with E-state index in [0.29, 0.717) is 42.9 Å². The number of imide groups is 1. The van der Waals surface area contributed by atoms with Crippen LogP contribution in [0.4, 0.5) is 5.82 Å². The first-order valence-corrected chi connectivity index (χ1v) is 12.5. The van der Waals surface area contributed by atoms with Gasteiger partial charge in [-0.2, -0.15) is 11.8 Å². The number of amides is 2. The van der Waals surface area contributed by atoms with Crippen molar-refractivity contribution in [3.8, 4) is 23.1 Å². The molecule has 1 unspecified atom stereocenters. The molecule has 0 aliphatic carbocycles. The third kappa shape index (κ3) is 10.2. The van der Waals surface area contributed by atoms with Crippen LogP contribution in [0.3, 0.4) is 0 Å². The Morgan fingerprint density at radius 2 is 1.64 bits per heavy atom. The van der Waals surface area contributed by atoms with E-state index in [1.165, 1.54) is 11.9 Å². The van der Waals surface area contributed by atoms with Gasteiger partial charge in [0.05, 0.1) is 13.7 Å². The molecular formula is C26H32N4O5S.